The van der Waals surface area contributed by atoms with Gasteiger partial charge in [-0.3, -0.25) is 4.90 Å². The van der Waals surface area contributed by atoms with Crippen LogP contribution >= 0.6 is 0 Å². The first kappa shape index (κ1) is 13.1. The van der Waals surface area contributed by atoms with Gasteiger partial charge in [0.15, 0.2) is 0 Å². The highest BCUT2D eigenvalue weighted by Crippen LogP contribution is 2.31. The summed E-state index contributed by atoms with van der Waals surface area (Å²) in [7, 11) is 0. The van der Waals surface area contributed by atoms with Crippen LogP contribution in [0.1, 0.15) is 35.6 Å². The molecule has 4 rings (SSSR count). The van der Waals surface area contributed by atoms with Crippen molar-refractivity contribution in [3.63, 3.8) is 0 Å². The Morgan fingerprint density at radius 1 is 0.905 bits per heavy atom. The van der Waals surface area contributed by atoms with Crippen LogP contribution in [0.4, 0.5) is 0 Å². The first-order chi connectivity index (χ1) is 10.4. The SMILES string of the molecule is c1ccc(C(CNC2CC2)N2Cc3ccccc3C2)cc1. The van der Waals surface area contributed by atoms with E-state index in [1.54, 1.807) is 0 Å². The average molecular weight is 278 g/mol. The van der Waals surface area contributed by atoms with Gasteiger partial charge in [0.2, 0.25) is 0 Å². The number of fused-ring (bicyclic) bond motifs is 1. The zero-order valence-corrected chi connectivity index (χ0v) is 12.3. The third kappa shape index (κ3) is 2.87. The molecule has 2 heteroatoms. The van der Waals surface area contributed by atoms with Gasteiger partial charge in [-0.15, -0.1) is 0 Å². The van der Waals surface area contributed by atoms with E-state index in [2.05, 4.69) is 64.8 Å². The molecule has 1 aliphatic heterocycles. The molecule has 2 aromatic carbocycles. The molecule has 2 nitrogen and oxygen atoms in total. The number of rotatable bonds is 5. The maximum atomic E-state index is 3.72. The van der Waals surface area contributed by atoms with E-state index in [0.717, 1.165) is 25.7 Å². The maximum absolute atomic E-state index is 3.72. The summed E-state index contributed by atoms with van der Waals surface area (Å²) in [5, 5.41) is 3.72. The van der Waals surface area contributed by atoms with Crippen molar-refractivity contribution in [1.82, 2.24) is 10.2 Å². The van der Waals surface area contributed by atoms with E-state index >= 15 is 0 Å². The molecular formula is C19H22N2. The van der Waals surface area contributed by atoms with Gasteiger partial charge in [-0.2, -0.15) is 0 Å². The second-order valence-corrected chi connectivity index (χ2v) is 6.28. The molecule has 1 fully saturated rings. The minimum atomic E-state index is 0.471. The molecule has 21 heavy (non-hydrogen) atoms. The molecule has 1 aliphatic carbocycles. The van der Waals surface area contributed by atoms with Crippen LogP contribution < -0.4 is 5.32 Å². The largest absolute Gasteiger partial charge is 0.312 e. The fourth-order valence-electron chi connectivity index (χ4n) is 3.28. The monoisotopic (exact) mass is 278 g/mol. The van der Waals surface area contributed by atoms with Gasteiger partial charge in [0.25, 0.3) is 0 Å². The van der Waals surface area contributed by atoms with Crippen LogP contribution in [0.3, 0.4) is 0 Å². The van der Waals surface area contributed by atoms with Crippen molar-refractivity contribution < 1.29 is 0 Å². The summed E-state index contributed by atoms with van der Waals surface area (Å²) in [6.07, 6.45) is 2.70. The van der Waals surface area contributed by atoms with E-state index in [1.165, 1.54) is 29.5 Å². The number of nitrogens with zero attached hydrogens (tertiary/aromatic N) is 1. The minimum Gasteiger partial charge on any atom is -0.312 e. The van der Waals surface area contributed by atoms with Gasteiger partial charge in [-0.1, -0.05) is 54.6 Å². The quantitative estimate of drug-likeness (QED) is 0.900. The highest BCUT2D eigenvalue weighted by atomic mass is 15.2. The van der Waals surface area contributed by atoms with Crippen LogP contribution in [0.25, 0.3) is 0 Å². The third-order valence-corrected chi connectivity index (χ3v) is 4.67. The second kappa shape index (κ2) is 5.63. The lowest BCUT2D eigenvalue weighted by Gasteiger charge is -2.28. The van der Waals surface area contributed by atoms with Crippen LogP contribution in [0.5, 0.6) is 0 Å². The Morgan fingerprint density at radius 3 is 2.14 bits per heavy atom. The predicted molar refractivity (Wildman–Crippen MR) is 85.9 cm³/mol. The Morgan fingerprint density at radius 2 is 1.52 bits per heavy atom. The molecule has 0 bridgehead atoms. The molecule has 1 atom stereocenters. The molecule has 0 spiro atoms. The lowest BCUT2D eigenvalue weighted by Crippen LogP contribution is -2.33. The molecule has 1 unspecified atom stereocenters. The van der Waals surface area contributed by atoms with E-state index in [0.29, 0.717) is 6.04 Å². The fourth-order valence-corrected chi connectivity index (χ4v) is 3.28. The Balaban J connectivity index is 1.55. The van der Waals surface area contributed by atoms with Crippen LogP contribution in [-0.2, 0) is 13.1 Å². The van der Waals surface area contributed by atoms with E-state index < -0.39 is 0 Å². The molecular weight excluding hydrogens is 256 g/mol. The van der Waals surface area contributed by atoms with Crippen molar-refractivity contribution in [3.05, 3.63) is 71.3 Å². The number of nitrogens with one attached hydrogen (secondary N) is 1. The van der Waals surface area contributed by atoms with Crippen molar-refractivity contribution in [2.45, 2.75) is 38.0 Å². The summed E-state index contributed by atoms with van der Waals surface area (Å²) < 4.78 is 0. The van der Waals surface area contributed by atoms with Crippen LogP contribution in [-0.4, -0.2) is 17.5 Å². The Kier molecular flexibility index (Phi) is 3.50. The van der Waals surface area contributed by atoms with Crippen molar-refractivity contribution >= 4 is 0 Å². The van der Waals surface area contributed by atoms with Crippen LogP contribution in [0.2, 0.25) is 0 Å². The van der Waals surface area contributed by atoms with Gasteiger partial charge in [0.1, 0.15) is 0 Å². The zero-order chi connectivity index (χ0) is 14.1. The summed E-state index contributed by atoms with van der Waals surface area (Å²) in [5.74, 6) is 0. The topological polar surface area (TPSA) is 15.3 Å². The molecule has 0 radical (unpaired) electrons. The maximum Gasteiger partial charge on any atom is 0.0479 e. The predicted octanol–water partition coefficient (Wildman–Crippen LogP) is 3.50. The van der Waals surface area contributed by atoms with Gasteiger partial charge in [0.05, 0.1) is 0 Å². The molecule has 1 heterocycles. The van der Waals surface area contributed by atoms with Crippen molar-refractivity contribution in [3.8, 4) is 0 Å². The number of hydrogen-bond acceptors (Lipinski definition) is 2. The summed E-state index contributed by atoms with van der Waals surface area (Å²) in [4.78, 5) is 2.61. The lowest BCUT2D eigenvalue weighted by atomic mass is 10.1. The first-order valence-corrected chi connectivity index (χ1v) is 7.99. The summed E-state index contributed by atoms with van der Waals surface area (Å²) in [6, 6.07) is 21.0. The van der Waals surface area contributed by atoms with E-state index in [9.17, 15) is 0 Å². The standard InChI is InChI=1S/C19H22N2/c1-2-6-15(7-3-1)19(12-20-18-10-11-18)21-13-16-8-4-5-9-17(16)14-21/h1-9,18-20H,10-14H2. The highest BCUT2D eigenvalue weighted by molar-refractivity contribution is 5.31. The average Bonchev–Trinajstić information content (AvgIpc) is 3.26. The Labute approximate surface area is 126 Å². The molecule has 0 amide bonds. The second-order valence-electron chi connectivity index (χ2n) is 6.28. The molecule has 0 saturated heterocycles. The van der Waals surface area contributed by atoms with Crippen molar-refractivity contribution in [2.75, 3.05) is 6.54 Å². The third-order valence-electron chi connectivity index (χ3n) is 4.67. The van der Waals surface area contributed by atoms with Gasteiger partial charge < -0.3 is 5.32 Å². The Hall–Kier alpha value is -1.64. The minimum absolute atomic E-state index is 0.471. The van der Waals surface area contributed by atoms with Crippen LogP contribution in [0, 0.1) is 0 Å². The van der Waals surface area contributed by atoms with Gasteiger partial charge in [0, 0.05) is 31.7 Å². The van der Waals surface area contributed by atoms with Gasteiger partial charge >= 0.3 is 0 Å². The Bertz CT molecular complexity index is 579. The van der Waals surface area contributed by atoms with E-state index in [1.807, 2.05) is 0 Å². The summed E-state index contributed by atoms with van der Waals surface area (Å²) in [6.45, 7) is 3.20. The van der Waals surface area contributed by atoms with Gasteiger partial charge in [-0.25, -0.2) is 0 Å². The molecule has 1 N–H and O–H groups in total. The fraction of sp³-hybridized carbons (Fsp3) is 0.368. The highest BCUT2D eigenvalue weighted by Gasteiger charge is 2.28. The van der Waals surface area contributed by atoms with Crippen molar-refractivity contribution in [2.24, 2.45) is 0 Å². The lowest BCUT2D eigenvalue weighted by molar-refractivity contribution is 0.195. The molecule has 108 valence electrons. The summed E-state index contributed by atoms with van der Waals surface area (Å²) >= 11 is 0. The summed E-state index contributed by atoms with van der Waals surface area (Å²) in [5.41, 5.74) is 4.41. The zero-order valence-electron chi connectivity index (χ0n) is 12.3. The first-order valence-electron chi connectivity index (χ1n) is 7.99. The number of hydrogen-bond donors (Lipinski definition) is 1. The molecule has 1 saturated carbocycles. The van der Waals surface area contributed by atoms with E-state index in [-0.39, 0.29) is 0 Å². The van der Waals surface area contributed by atoms with Crippen molar-refractivity contribution in [1.29, 1.82) is 0 Å². The normalized spacial score (nSPS) is 19.4. The molecule has 2 aromatic rings. The number of benzene rings is 2. The van der Waals surface area contributed by atoms with E-state index in [4.69, 9.17) is 0 Å². The molecule has 2 aliphatic rings. The van der Waals surface area contributed by atoms with Gasteiger partial charge in [-0.05, 0) is 29.5 Å². The molecule has 0 aromatic heterocycles. The van der Waals surface area contributed by atoms with Crippen LogP contribution in [0.15, 0.2) is 54.6 Å². The smallest absolute Gasteiger partial charge is 0.0479 e.